The minimum atomic E-state index is 0.525. The third kappa shape index (κ3) is 4.64. The van der Waals surface area contributed by atoms with Crippen molar-refractivity contribution in [1.29, 1.82) is 0 Å². The van der Waals surface area contributed by atoms with E-state index in [1.165, 1.54) is 51.4 Å². The maximum absolute atomic E-state index is 3.62. The molecule has 124 valence electrons. The Balaban J connectivity index is 1.96. The first-order chi connectivity index (χ1) is 9.96. The van der Waals surface area contributed by atoms with Crippen molar-refractivity contribution in [2.24, 2.45) is 17.3 Å². The van der Waals surface area contributed by atoms with Crippen molar-refractivity contribution in [2.45, 2.75) is 95.6 Å². The van der Waals surface area contributed by atoms with Gasteiger partial charge in [-0.1, -0.05) is 47.0 Å². The first-order valence-corrected chi connectivity index (χ1v) is 10.2. The molecule has 0 radical (unpaired) electrons. The lowest BCUT2D eigenvalue weighted by Gasteiger charge is -2.44. The molecule has 0 aromatic carbocycles. The van der Waals surface area contributed by atoms with Crippen LogP contribution in [0.2, 0.25) is 0 Å². The summed E-state index contributed by atoms with van der Waals surface area (Å²) >= 11 is 2.35. The standard InChI is InChI=1S/C19H37NS/c1-6-19(3,4)15-10-11-17(20-5)18(13-15)21-16-9-7-8-14(2)12-16/h14-18,20H,6-13H2,1-5H3. The van der Waals surface area contributed by atoms with E-state index in [0.717, 1.165) is 28.4 Å². The highest BCUT2D eigenvalue weighted by molar-refractivity contribution is 8.00. The summed E-state index contributed by atoms with van der Waals surface area (Å²) in [5.74, 6) is 1.88. The monoisotopic (exact) mass is 311 g/mol. The Morgan fingerprint density at radius 3 is 2.48 bits per heavy atom. The van der Waals surface area contributed by atoms with Crippen LogP contribution in [0.4, 0.5) is 0 Å². The minimum absolute atomic E-state index is 0.525. The molecule has 0 aromatic rings. The number of hydrogen-bond acceptors (Lipinski definition) is 2. The molecule has 2 saturated carbocycles. The van der Waals surface area contributed by atoms with Gasteiger partial charge in [-0.25, -0.2) is 0 Å². The Kier molecular flexibility index (Phi) is 6.50. The van der Waals surface area contributed by atoms with Gasteiger partial charge in [0.25, 0.3) is 0 Å². The van der Waals surface area contributed by atoms with Crippen LogP contribution >= 0.6 is 11.8 Å². The molecule has 0 aromatic heterocycles. The maximum atomic E-state index is 3.62. The lowest BCUT2D eigenvalue weighted by molar-refractivity contribution is 0.142. The Morgan fingerprint density at radius 1 is 1.10 bits per heavy atom. The van der Waals surface area contributed by atoms with Crippen LogP contribution in [0.15, 0.2) is 0 Å². The molecule has 1 nitrogen and oxygen atoms in total. The van der Waals surface area contributed by atoms with Crippen molar-refractivity contribution in [2.75, 3.05) is 7.05 Å². The second-order valence-corrected chi connectivity index (χ2v) is 9.86. The molecule has 21 heavy (non-hydrogen) atoms. The lowest BCUT2D eigenvalue weighted by atomic mass is 9.68. The highest BCUT2D eigenvalue weighted by Gasteiger charge is 2.38. The first kappa shape index (κ1) is 17.7. The van der Waals surface area contributed by atoms with Crippen LogP contribution in [0.5, 0.6) is 0 Å². The van der Waals surface area contributed by atoms with E-state index >= 15 is 0 Å². The summed E-state index contributed by atoms with van der Waals surface area (Å²) < 4.78 is 0. The molecule has 2 aliphatic rings. The highest BCUT2D eigenvalue weighted by atomic mass is 32.2. The molecule has 0 bridgehead atoms. The summed E-state index contributed by atoms with van der Waals surface area (Å²) in [7, 11) is 2.17. The molecule has 2 rings (SSSR count). The zero-order valence-corrected chi connectivity index (χ0v) is 15.8. The van der Waals surface area contributed by atoms with E-state index in [4.69, 9.17) is 0 Å². The fraction of sp³-hybridized carbons (Fsp3) is 1.00. The summed E-state index contributed by atoms with van der Waals surface area (Å²) in [6, 6.07) is 0.746. The van der Waals surface area contributed by atoms with Crippen molar-refractivity contribution in [3.05, 3.63) is 0 Å². The summed E-state index contributed by atoms with van der Waals surface area (Å²) in [6.07, 6.45) is 11.4. The molecule has 0 saturated heterocycles. The van der Waals surface area contributed by atoms with E-state index in [1.54, 1.807) is 0 Å². The van der Waals surface area contributed by atoms with Gasteiger partial charge in [-0.3, -0.25) is 0 Å². The third-order valence-electron chi connectivity index (χ3n) is 6.43. The predicted molar refractivity (Wildman–Crippen MR) is 97.1 cm³/mol. The van der Waals surface area contributed by atoms with Gasteiger partial charge < -0.3 is 5.32 Å². The molecular weight excluding hydrogens is 274 g/mol. The Bertz CT molecular complexity index is 315. The van der Waals surface area contributed by atoms with Crippen molar-refractivity contribution in [1.82, 2.24) is 5.32 Å². The van der Waals surface area contributed by atoms with Gasteiger partial charge in [-0.15, -0.1) is 0 Å². The van der Waals surface area contributed by atoms with Crippen LogP contribution in [0.1, 0.15) is 79.1 Å². The van der Waals surface area contributed by atoms with Crippen molar-refractivity contribution < 1.29 is 0 Å². The molecule has 5 unspecified atom stereocenters. The Hall–Kier alpha value is 0.310. The highest BCUT2D eigenvalue weighted by Crippen LogP contribution is 2.46. The molecule has 0 aliphatic heterocycles. The van der Waals surface area contributed by atoms with Gasteiger partial charge in [0, 0.05) is 16.5 Å². The van der Waals surface area contributed by atoms with Crippen LogP contribution < -0.4 is 5.32 Å². The lowest BCUT2D eigenvalue weighted by Crippen LogP contribution is -2.44. The largest absolute Gasteiger partial charge is 0.316 e. The van der Waals surface area contributed by atoms with Crippen molar-refractivity contribution in [3.63, 3.8) is 0 Å². The number of hydrogen-bond donors (Lipinski definition) is 1. The van der Waals surface area contributed by atoms with Crippen LogP contribution in [0, 0.1) is 17.3 Å². The normalized spacial score (nSPS) is 38.4. The topological polar surface area (TPSA) is 12.0 Å². The minimum Gasteiger partial charge on any atom is -0.316 e. The average Bonchev–Trinajstić information content (AvgIpc) is 2.47. The van der Waals surface area contributed by atoms with Gasteiger partial charge in [-0.2, -0.15) is 11.8 Å². The van der Waals surface area contributed by atoms with Crippen molar-refractivity contribution >= 4 is 11.8 Å². The molecule has 2 aliphatic carbocycles. The smallest absolute Gasteiger partial charge is 0.0206 e. The fourth-order valence-corrected chi connectivity index (χ4v) is 6.40. The van der Waals surface area contributed by atoms with E-state index in [2.05, 4.69) is 51.8 Å². The fourth-order valence-electron chi connectivity index (χ4n) is 4.36. The predicted octanol–water partition coefficient (Wildman–Crippen LogP) is 5.49. The average molecular weight is 312 g/mol. The maximum Gasteiger partial charge on any atom is 0.0206 e. The van der Waals surface area contributed by atoms with E-state index in [0.29, 0.717) is 5.41 Å². The molecule has 0 amide bonds. The Labute approximate surface area is 137 Å². The number of thioether (sulfide) groups is 1. The quantitative estimate of drug-likeness (QED) is 0.720. The molecule has 1 N–H and O–H groups in total. The van der Waals surface area contributed by atoms with E-state index in [-0.39, 0.29) is 0 Å². The van der Waals surface area contributed by atoms with Gasteiger partial charge in [0.1, 0.15) is 0 Å². The van der Waals surface area contributed by atoms with Gasteiger partial charge in [-0.05, 0) is 56.4 Å². The van der Waals surface area contributed by atoms with Crippen LogP contribution in [0.3, 0.4) is 0 Å². The number of nitrogens with one attached hydrogen (secondary N) is 1. The zero-order chi connectivity index (χ0) is 15.5. The summed E-state index contributed by atoms with van der Waals surface area (Å²) in [5, 5.41) is 5.40. The second-order valence-electron chi connectivity index (χ2n) is 8.32. The van der Waals surface area contributed by atoms with Crippen LogP contribution in [0.25, 0.3) is 0 Å². The SMILES string of the molecule is CCC(C)(C)C1CCC(NC)C(SC2CCCC(C)C2)C1. The van der Waals surface area contributed by atoms with Crippen LogP contribution in [-0.2, 0) is 0 Å². The summed E-state index contributed by atoms with van der Waals surface area (Å²) in [5.41, 5.74) is 0.525. The van der Waals surface area contributed by atoms with Gasteiger partial charge in [0.05, 0.1) is 0 Å². The number of rotatable bonds is 5. The van der Waals surface area contributed by atoms with E-state index in [9.17, 15) is 0 Å². The zero-order valence-electron chi connectivity index (χ0n) is 15.0. The summed E-state index contributed by atoms with van der Waals surface area (Å²) in [4.78, 5) is 0. The molecule has 2 fully saturated rings. The van der Waals surface area contributed by atoms with Gasteiger partial charge in [0.15, 0.2) is 0 Å². The van der Waals surface area contributed by atoms with E-state index < -0.39 is 0 Å². The Morgan fingerprint density at radius 2 is 1.86 bits per heavy atom. The van der Waals surface area contributed by atoms with Crippen LogP contribution in [-0.4, -0.2) is 23.6 Å². The van der Waals surface area contributed by atoms with Crippen molar-refractivity contribution in [3.8, 4) is 0 Å². The molecule has 5 atom stereocenters. The second kappa shape index (κ2) is 7.73. The van der Waals surface area contributed by atoms with E-state index in [1.807, 2.05) is 0 Å². The molecular formula is C19H37NS. The molecule has 0 spiro atoms. The first-order valence-electron chi connectivity index (χ1n) is 9.29. The van der Waals surface area contributed by atoms with Gasteiger partial charge >= 0.3 is 0 Å². The molecule has 2 heteroatoms. The van der Waals surface area contributed by atoms with Gasteiger partial charge in [0.2, 0.25) is 0 Å². The summed E-state index contributed by atoms with van der Waals surface area (Å²) in [6.45, 7) is 9.80. The third-order valence-corrected chi connectivity index (χ3v) is 8.12. The molecule has 0 heterocycles.